The van der Waals surface area contributed by atoms with Gasteiger partial charge in [0, 0.05) is 21.7 Å². The van der Waals surface area contributed by atoms with Gasteiger partial charge >= 0.3 is 0 Å². The van der Waals surface area contributed by atoms with Gasteiger partial charge in [0.25, 0.3) is 0 Å². The standard InChI is InChI=1S/C11H9Cl2N3S/c1-6-5-15-11(14)16-10(6)17-9-4-7(12)2-3-8(9)13/h2-5H,1H3,(H2,14,15,16). The van der Waals surface area contributed by atoms with Crippen molar-refractivity contribution in [3.8, 4) is 0 Å². The highest BCUT2D eigenvalue weighted by Gasteiger charge is 2.08. The van der Waals surface area contributed by atoms with Crippen LogP contribution in [0.4, 0.5) is 5.95 Å². The van der Waals surface area contributed by atoms with E-state index in [0.29, 0.717) is 10.0 Å². The number of anilines is 1. The van der Waals surface area contributed by atoms with Gasteiger partial charge in [0.1, 0.15) is 5.03 Å². The SMILES string of the molecule is Cc1cnc(N)nc1Sc1cc(Cl)ccc1Cl. The third-order valence-electron chi connectivity index (χ3n) is 2.04. The maximum absolute atomic E-state index is 6.08. The summed E-state index contributed by atoms with van der Waals surface area (Å²) < 4.78 is 0. The Morgan fingerprint density at radius 1 is 1.29 bits per heavy atom. The molecule has 0 aliphatic rings. The van der Waals surface area contributed by atoms with Crippen LogP contribution in [-0.4, -0.2) is 9.97 Å². The topological polar surface area (TPSA) is 51.8 Å². The molecule has 1 aromatic heterocycles. The van der Waals surface area contributed by atoms with Crippen LogP contribution >= 0.6 is 35.0 Å². The molecular weight excluding hydrogens is 277 g/mol. The highest BCUT2D eigenvalue weighted by molar-refractivity contribution is 7.99. The molecule has 0 aliphatic carbocycles. The van der Waals surface area contributed by atoms with Crippen LogP contribution in [0.2, 0.25) is 10.0 Å². The van der Waals surface area contributed by atoms with Crippen molar-refractivity contribution in [3.05, 3.63) is 40.0 Å². The number of benzene rings is 1. The van der Waals surface area contributed by atoms with Gasteiger partial charge < -0.3 is 5.73 Å². The number of hydrogen-bond acceptors (Lipinski definition) is 4. The molecule has 3 nitrogen and oxygen atoms in total. The Morgan fingerprint density at radius 2 is 2.06 bits per heavy atom. The van der Waals surface area contributed by atoms with Crippen molar-refractivity contribution in [1.82, 2.24) is 9.97 Å². The fourth-order valence-electron chi connectivity index (χ4n) is 1.20. The monoisotopic (exact) mass is 285 g/mol. The molecule has 88 valence electrons. The second kappa shape index (κ2) is 5.12. The van der Waals surface area contributed by atoms with Gasteiger partial charge in [-0.25, -0.2) is 9.97 Å². The number of halogens is 2. The third kappa shape index (κ3) is 3.03. The van der Waals surface area contributed by atoms with E-state index in [2.05, 4.69) is 9.97 Å². The Hall–Kier alpha value is -0.970. The van der Waals surface area contributed by atoms with Gasteiger partial charge in [0.2, 0.25) is 5.95 Å². The van der Waals surface area contributed by atoms with Crippen LogP contribution in [0.1, 0.15) is 5.56 Å². The van der Waals surface area contributed by atoms with Crippen molar-refractivity contribution in [2.24, 2.45) is 0 Å². The molecule has 1 heterocycles. The summed E-state index contributed by atoms with van der Waals surface area (Å²) in [5.41, 5.74) is 6.50. The van der Waals surface area contributed by atoms with Crippen molar-refractivity contribution < 1.29 is 0 Å². The van der Waals surface area contributed by atoms with Crippen LogP contribution < -0.4 is 5.73 Å². The zero-order valence-electron chi connectivity index (χ0n) is 8.95. The van der Waals surface area contributed by atoms with E-state index in [0.717, 1.165) is 15.5 Å². The average molecular weight is 286 g/mol. The number of aromatic nitrogens is 2. The summed E-state index contributed by atoms with van der Waals surface area (Å²) in [7, 11) is 0. The van der Waals surface area contributed by atoms with E-state index in [1.165, 1.54) is 11.8 Å². The minimum absolute atomic E-state index is 0.247. The maximum Gasteiger partial charge on any atom is 0.221 e. The Labute approximate surface area is 113 Å². The van der Waals surface area contributed by atoms with E-state index in [4.69, 9.17) is 28.9 Å². The van der Waals surface area contributed by atoms with Crippen LogP contribution in [0.25, 0.3) is 0 Å². The largest absolute Gasteiger partial charge is 0.368 e. The number of hydrogen-bond donors (Lipinski definition) is 1. The molecule has 0 bridgehead atoms. The van der Waals surface area contributed by atoms with E-state index in [1.807, 2.05) is 6.92 Å². The van der Waals surface area contributed by atoms with Gasteiger partial charge in [-0.15, -0.1) is 0 Å². The number of nitrogens with zero attached hydrogens (tertiary/aromatic N) is 2. The lowest BCUT2D eigenvalue weighted by molar-refractivity contribution is 1.02. The molecule has 0 radical (unpaired) electrons. The van der Waals surface area contributed by atoms with Crippen LogP contribution in [0.3, 0.4) is 0 Å². The predicted octanol–water partition coefficient (Wildman–Crippen LogP) is 3.83. The number of nitrogens with two attached hydrogens (primary N) is 1. The predicted molar refractivity (Wildman–Crippen MR) is 71.8 cm³/mol. The van der Waals surface area contributed by atoms with Gasteiger partial charge in [0.15, 0.2) is 0 Å². The summed E-state index contributed by atoms with van der Waals surface area (Å²) in [6.07, 6.45) is 1.68. The molecule has 0 saturated heterocycles. The number of rotatable bonds is 2. The Morgan fingerprint density at radius 3 is 2.82 bits per heavy atom. The second-order valence-electron chi connectivity index (χ2n) is 3.39. The summed E-state index contributed by atoms with van der Waals surface area (Å²) in [5.74, 6) is 0.247. The quantitative estimate of drug-likeness (QED) is 0.852. The lowest BCUT2D eigenvalue weighted by Crippen LogP contribution is -1.97. The molecule has 0 fully saturated rings. The van der Waals surface area contributed by atoms with Crippen molar-refractivity contribution in [2.45, 2.75) is 16.8 Å². The van der Waals surface area contributed by atoms with Crippen LogP contribution in [0.15, 0.2) is 34.3 Å². The summed E-state index contributed by atoms with van der Waals surface area (Å²) in [6.45, 7) is 1.92. The summed E-state index contributed by atoms with van der Waals surface area (Å²) in [6, 6.07) is 5.30. The molecule has 1 aromatic carbocycles. The average Bonchev–Trinajstić information content (AvgIpc) is 2.28. The molecule has 17 heavy (non-hydrogen) atoms. The summed E-state index contributed by atoms with van der Waals surface area (Å²) >= 11 is 13.4. The Balaban J connectivity index is 2.37. The van der Waals surface area contributed by atoms with E-state index in [-0.39, 0.29) is 5.95 Å². The first-order valence-corrected chi connectivity index (χ1v) is 6.35. The van der Waals surface area contributed by atoms with E-state index in [1.54, 1.807) is 24.4 Å². The fraction of sp³-hybridized carbons (Fsp3) is 0.0909. The van der Waals surface area contributed by atoms with Crippen LogP contribution in [0, 0.1) is 6.92 Å². The molecule has 2 aromatic rings. The fourth-order valence-corrected chi connectivity index (χ4v) is 2.58. The first-order valence-electron chi connectivity index (χ1n) is 4.78. The first-order chi connectivity index (χ1) is 8.06. The van der Waals surface area contributed by atoms with E-state index < -0.39 is 0 Å². The minimum atomic E-state index is 0.247. The second-order valence-corrected chi connectivity index (χ2v) is 5.27. The zero-order valence-corrected chi connectivity index (χ0v) is 11.3. The smallest absolute Gasteiger partial charge is 0.221 e. The lowest BCUT2D eigenvalue weighted by Gasteiger charge is -2.06. The van der Waals surface area contributed by atoms with Crippen molar-refractivity contribution in [2.75, 3.05) is 5.73 Å². The Kier molecular flexibility index (Phi) is 3.76. The molecule has 0 aliphatic heterocycles. The Bertz CT molecular complexity index is 511. The number of nitrogen functional groups attached to an aromatic ring is 1. The number of aryl methyl sites for hydroxylation is 1. The maximum atomic E-state index is 6.08. The van der Waals surface area contributed by atoms with Crippen molar-refractivity contribution in [3.63, 3.8) is 0 Å². The molecule has 6 heteroatoms. The molecular formula is C11H9Cl2N3S. The van der Waals surface area contributed by atoms with Crippen molar-refractivity contribution in [1.29, 1.82) is 0 Å². The van der Waals surface area contributed by atoms with Gasteiger partial charge in [-0.05, 0) is 25.1 Å². The normalized spacial score (nSPS) is 10.5. The van der Waals surface area contributed by atoms with Crippen molar-refractivity contribution >= 4 is 40.9 Å². The molecule has 0 amide bonds. The molecule has 0 unspecified atom stereocenters. The first kappa shape index (κ1) is 12.5. The molecule has 0 saturated carbocycles. The van der Waals surface area contributed by atoms with Gasteiger partial charge in [-0.3, -0.25) is 0 Å². The van der Waals surface area contributed by atoms with E-state index in [9.17, 15) is 0 Å². The van der Waals surface area contributed by atoms with E-state index >= 15 is 0 Å². The van der Waals surface area contributed by atoms with Gasteiger partial charge in [-0.2, -0.15) is 0 Å². The highest BCUT2D eigenvalue weighted by Crippen LogP contribution is 2.35. The molecule has 0 spiro atoms. The third-order valence-corrected chi connectivity index (χ3v) is 3.88. The van der Waals surface area contributed by atoms with Gasteiger partial charge in [0.05, 0.1) is 5.02 Å². The minimum Gasteiger partial charge on any atom is -0.368 e. The van der Waals surface area contributed by atoms with Crippen LogP contribution in [0.5, 0.6) is 0 Å². The van der Waals surface area contributed by atoms with Crippen LogP contribution in [-0.2, 0) is 0 Å². The summed E-state index contributed by atoms with van der Waals surface area (Å²) in [5, 5.41) is 2.05. The molecule has 2 rings (SSSR count). The lowest BCUT2D eigenvalue weighted by atomic mass is 10.4. The van der Waals surface area contributed by atoms with Gasteiger partial charge in [-0.1, -0.05) is 35.0 Å². The zero-order chi connectivity index (χ0) is 12.4. The highest BCUT2D eigenvalue weighted by atomic mass is 35.5. The molecule has 2 N–H and O–H groups in total. The summed E-state index contributed by atoms with van der Waals surface area (Å²) in [4.78, 5) is 8.93. The molecule has 0 atom stereocenters.